The average molecular weight is 251 g/mol. The van der Waals surface area contributed by atoms with Crippen LogP contribution >= 0.6 is 0 Å². The van der Waals surface area contributed by atoms with Crippen LogP contribution in [0.15, 0.2) is 24.3 Å². The third-order valence-electron chi connectivity index (χ3n) is 3.40. The van der Waals surface area contributed by atoms with Crippen LogP contribution in [0.4, 0.5) is 0 Å². The minimum absolute atomic E-state index is 0.148. The van der Waals surface area contributed by atoms with E-state index in [2.05, 4.69) is 24.4 Å². The van der Waals surface area contributed by atoms with Crippen LogP contribution in [0.1, 0.15) is 32.3 Å². The zero-order valence-corrected chi connectivity index (χ0v) is 11.7. The number of rotatable bonds is 8. The van der Waals surface area contributed by atoms with Crippen molar-refractivity contribution < 1.29 is 9.84 Å². The fourth-order valence-electron chi connectivity index (χ4n) is 1.79. The highest BCUT2D eigenvalue weighted by atomic mass is 16.5. The Balaban J connectivity index is 2.33. The maximum Gasteiger partial charge on any atom is 0.119 e. The predicted octanol–water partition coefficient (Wildman–Crippen LogP) is 2.38. The van der Waals surface area contributed by atoms with Crippen LogP contribution in [0.5, 0.6) is 5.75 Å². The molecule has 0 aliphatic carbocycles. The van der Waals surface area contributed by atoms with Gasteiger partial charge in [-0.2, -0.15) is 0 Å². The summed E-state index contributed by atoms with van der Waals surface area (Å²) < 4.78 is 5.72. The van der Waals surface area contributed by atoms with Crippen molar-refractivity contribution in [2.24, 2.45) is 0 Å². The number of aryl methyl sites for hydroxylation is 1. The number of hydrogen-bond donors (Lipinski definition) is 2. The van der Waals surface area contributed by atoms with Gasteiger partial charge in [0, 0.05) is 5.54 Å². The number of aliphatic hydroxyl groups excluding tert-OH is 1. The van der Waals surface area contributed by atoms with E-state index in [1.54, 1.807) is 0 Å². The lowest BCUT2D eigenvalue weighted by molar-refractivity contribution is 0.163. The van der Waals surface area contributed by atoms with Gasteiger partial charge >= 0.3 is 0 Å². The first kappa shape index (κ1) is 15.0. The van der Waals surface area contributed by atoms with Gasteiger partial charge in [0.1, 0.15) is 5.75 Å². The highest BCUT2D eigenvalue weighted by molar-refractivity contribution is 5.28. The standard InChI is InChI=1S/C15H25NO2/c1-4-13-7-5-8-14(11-13)18-10-6-9-15(2,12-17)16-3/h5,7-8,11,16-17H,4,6,9-10,12H2,1-3H3. The molecule has 0 aromatic heterocycles. The molecule has 1 aromatic carbocycles. The Kier molecular flexibility index (Phi) is 6.16. The van der Waals surface area contributed by atoms with Gasteiger partial charge in [0.05, 0.1) is 13.2 Å². The van der Waals surface area contributed by atoms with Gasteiger partial charge in [-0.1, -0.05) is 19.1 Å². The van der Waals surface area contributed by atoms with E-state index in [0.717, 1.165) is 25.0 Å². The Labute approximate surface area is 110 Å². The third-order valence-corrected chi connectivity index (χ3v) is 3.40. The molecular formula is C15H25NO2. The summed E-state index contributed by atoms with van der Waals surface area (Å²) >= 11 is 0. The highest BCUT2D eigenvalue weighted by Gasteiger charge is 2.19. The zero-order valence-electron chi connectivity index (χ0n) is 11.7. The molecule has 1 rings (SSSR count). The number of nitrogens with one attached hydrogen (secondary N) is 1. The molecule has 1 atom stereocenters. The van der Waals surface area contributed by atoms with Gasteiger partial charge in [-0.05, 0) is 50.9 Å². The molecule has 2 N–H and O–H groups in total. The van der Waals surface area contributed by atoms with Gasteiger partial charge in [-0.15, -0.1) is 0 Å². The third kappa shape index (κ3) is 4.67. The minimum Gasteiger partial charge on any atom is -0.494 e. The Morgan fingerprint density at radius 1 is 1.39 bits per heavy atom. The Hall–Kier alpha value is -1.06. The van der Waals surface area contributed by atoms with Gasteiger partial charge < -0.3 is 15.2 Å². The summed E-state index contributed by atoms with van der Waals surface area (Å²) in [5.41, 5.74) is 1.09. The van der Waals surface area contributed by atoms with E-state index in [4.69, 9.17) is 4.74 Å². The van der Waals surface area contributed by atoms with E-state index >= 15 is 0 Å². The van der Waals surface area contributed by atoms with E-state index in [0.29, 0.717) is 6.61 Å². The van der Waals surface area contributed by atoms with Crippen LogP contribution in [0.3, 0.4) is 0 Å². The van der Waals surface area contributed by atoms with Crippen molar-refractivity contribution in [1.29, 1.82) is 0 Å². The summed E-state index contributed by atoms with van der Waals surface area (Å²) in [5.74, 6) is 0.935. The quantitative estimate of drug-likeness (QED) is 0.697. The Morgan fingerprint density at radius 3 is 2.78 bits per heavy atom. The maximum absolute atomic E-state index is 9.27. The molecule has 0 fully saturated rings. The summed E-state index contributed by atoms with van der Waals surface area (Å²) in [6.07, 6.45) is 2.85. The molecule has 0 heterocycles. The molecule has 0 saturated heterocycles. The molecule has 18 heavy (non-hydrogen) atoms. The second kappa shape index (κ2) is 7.39. The largest absolute Gasteiger partial charge is 0.494 e. The fourth-order valence-corrected chi connectivity index (χ4v) is 1.79. The van der Waals surface area contributed by atoms with E-state index < -0.39 is 0 Å². The van der Waals surface area contributed by atoms with Crippen molar-refractivity contribution in [3.8, 4) is 5.75 Å². The van der Waals surface area contributed by atoms with Gasteiger partial charge in [0.2, 0.25) is 0 Å². The lowest BCUT2D eigenvalue weighted by atomic mass is 9.97. The number of aliphatic hydroxyl groups is 1. The lowest BCUT2D eigenvalue weighted by Gasteiger charge is -2.26. The molecule has 0 aliphatic heterocycles. The van der Waals surface area contributed by atoms with Gasteiger partial charge in [0.15, 0.2) is 0 Å². The molecule has 1 unspecified atom stereocenters. The predicted molar refractivity (Wildman–Crippen MR) is 75.1 cm³/mol. The van der Waals surface area contributed by atoms with E-state index in [1.807, 2.05) is 26.1 Å². The molecule has 102 valence electrons. The van der Waals surface area contributed by atoms with E-state index in [9.17, 15) is 5.11 Å². The SMILES string of the molecule is CCc1cccc(OCCCC(C)(CO)NC)c1. The first-order valence-electron chi connectivity index (χ1n) is 6.65. The number of benzene rings is 1. The molecule has 0 bridgehead atoms. The molecular weight excluding hydrogens is 226 g/mol. The summed E-state index contributed by atoms with van der Waals surface area (Å²) in [7, 11) is 1.88. The summed E-state index contributed by atoms with van der Waals surface area (Å²) in [5, 5.41) is 12.4. The smallest absolute Gasteiger partial charge is 0.119 e. The van der Waals surface area contributed by atoms with E-state index in [1.165, 1.54) is 5.56 Å². The van der Waals surface area contributed by atoms with Crippen LogP contribution in [0.2, 0.25) is 0 Å². The molecule has 0 saturated carbocycles. The highest BCUT2D eigenvalue weighted by Crippen LogP contribution is 2.15. The van der Waals surface area contributed by atoms with Crippen molar-refractivity contribution in [2.45, 2.75) is 38.6 Å². The van der Waals surface area contributed by atoms with Crippen molar-refractivity contribution in [2.75, 3.05) is 20.3 Å². The summed E-state index contributed by atoms with van der Waals surface area (Å²) in [6.45, 7) is 4.99. The van der Waals surface area contributed by atoms with Crippen molar-refractivity contribution >= 4 is 0 Å². The summed E-state index contributed by atoms with van der Waals surface area (Å²) in [4.78, 5) is 0. The van der Waals surface area contributed by atoms with Gasteiger partial charge in [-0.3, -0.25) is 0 Å². The first-order chi connectivity index (χ1) is 8.63. The molecule has 0 spiro atoms. The molecule has 3 heteroatoms. The number of ether oxygens (including phenoxy) is 1. The van der Waals surface area contributed by atoms with Crippen molar-refractivity contribution in [3.05, 3.63) is 29.8 Å². The first-order valence-corrected chi connectivity index (χ1v) is 6.65. The van der Waals surface area contributed by atoms with Crippen molar-refractivity contribution in [1.82, 2.24) is 5.32 Å². The molecule has 0 radical (unpaired) electrons. The normalized spacial score (nSPS) is 14.2. The summed E-state index contributed by atoms with van der Waals surface area (Å²) in [6, 6.07) is 8.21. The fraction of sp³-hybridized carbons (Fsp3) is 0.600. The second-order valence-electron chi connectivity index (χ2n) is 4.92. The average Bonchev–Trinajstić information content (AvgIpc) is 2.43. The minimum atomic E-state index is -0.200. The number of likely N-dealkylation sites (N-methyl/N-ethyl adjacent to an activating group) is 1. The lowest BCUT2D eigenvalue weighted by Crippen LogP contribution is -2.43. The van der Waals surface area contributed by atoms with Crippen LogP contribution in [0.25, 0.3) is 0 Å². The number of hydrogen-bond acceptors (Lipinski definition) is 3. The monoisotopic (exact) mass is 251 g/mol. The van der Waals surface area contributed by atoms with Crippen LogP contribution in [-0.4, -0.2) is 30.9 Å². The van der Waals surface area contributed by atoms with Crippen LogP contribution < -0.4 is 10.1 Å². The molecule has 3 nitrogen and oxygen atoms in total. The molecule has 0 aliphatic rings. The van der Waals surface area contributed by atoms with E-state index in [-0.39, 0.29) is 12.1 Å². The topological polar surface area (TPSA) is 41.5 Å². The Morgan fingerprint density at radius 2 is 2.17 bits per heavy atom. The molecule has 0 amide bonds. The second-order valence-corrected chi connectivity index (χ2v) is 4.92. The van der Waals surface area contributed by atoms with Gasteiger partial charge in [-0.25, -0.2) is 0 Å². The zero-order chi connectivity index (χ0) is 13.4. The van der Waals surface area contributed by atoms with Crippen LogP contribution in [-0.2, 0) is 6.42 Å². The van der Waals surface area contributed by atoms with Gasteiger partial charge in [0.25, 0.3) is 0 Å². The maximum atomic E-state index is 9.27. The molecule has 1 aromatic rings. The van der Waals surface area contributed by atoms with Crippen LogP contribution in [0, 0.1) is 0 Å². The van der Waals surface area contributed by atoms with Crippen molar-refractivity contribution in [3.63, 3.8) is 0 Å². The Bertz CT molecular complexity index is 348.